The Bertz CT molecular complexity index is 409. The highest BCUT2D eigenvalue weighted by Gasteiger charge is 2.37. The van der Waals surface area contributed by atoms with Gasteiger partial charge in [-0.3, -0.25) is 0 Å². The average Bonchev–Trinajstić information content (AvgIpc) is 2.54. The summed E-state index contributed by atoms with van der Waals surface area (Å²) >= 11 is 0. The van der Waals surface area contributed by atoms with Gasteiger partial charge < -0.3 is 10.7 Å². The summed E-state index contributed by atoms with van der Waals surface area (Å²) in [6.45, 7) is 3.27. The van der Waals surface area contributed by atoms with Crippen molar-refractivity contribution in [2.45, 2.75) is 31.1 Å². The van der Waals surface area contributed by atoms with Crippen LogP contribution in [-0.2, 0) is 16.3 Å². The smallest absolute Gasteiger partial charge is 0.154 e. The third-order valence-electron chi connectivity index (χ3n) is 2.82. The number of H-pyrrole nitrogens is 1. The Kier molecular flexibility index (Phi) is 3.20. The Morgan fingerprint density at radius 1 is 1.60 bits per heavy atom. The Morgan fingerprint density at radius 2 is 2.20 bits per heavy atom. The molecule has 0 spiro atoms. The zero-order chi connectivity index (χ0) is 11.7. The lowest BCUT2D eigenvalue weighted by Gasteiger charge is -2.29. The third-order valence-corrected chi connectivity index (χ3v) is 5.03. The lowest BCUT2D eigenvalue weighted by Crippen LogP contribution is -2.50. The molecule has 15 heavy (non-hydrogen) atoms. The molecule has 0 aromatic carbocycles. The van der Waals surface area contributed by atoms with Crippen LogP contribution in [0.3, 0.4) is 0 Å². The molecular formula is C9H17N3O2S. The van der Waals surface area contributed by atoms with Crippen molar-refractivity contribution in [2.24, 2.45) is 5.73 Å². The van der Waals surface area contributed by atoms with Crippen LogP contribution in [0.5, 0.6) is 0 Å². The number of nitrogens with zero attached hydrogens (tertiary/aromatic N) is 1. The van der Waals surface area contributed by atoms with Gasteiger partial charge in [0, 0.05) is 31.1 Å². The highest BCUT2D eigenvalue weighted by Crippen LogP contribution is 2.20. The van der Waals surface area contributed by atoms with Gasteiger partial charge in [-0.1, -0.05) is 0 Å². The van der Waals surface area contributed by atoms with Gasteiger partial charge in [-0.05, 0) is 13.8 Å². The normalized spacial score (nSPS) is 15.2. The van der Waals surface area contributed by atoms with Crippen LogP contribution in [-0.4, -0.2) is 35.4 Å². The first-order valence-electron chi connectivity index (χ1n) is 4.68. The molecule has 1 rings (SSSR count). The molecule has 6 heteroatoms. The van der Waals surface area contributed by atoms with Gasteiger partial charge in [0.25, 0.3) is 0 Å². The summed E-state index contributed by atoms with van der Waals surface area (Å²) in [6.07, 6.45) is 4.94. The van der Waals surface area contributed by atoms with Crippen molar-refractivity contribution in [3.05, 3.63) is 18.2 Å². The molecule has 0 aliphatic heterocycles. The van der Waals surface area contributed by atoms with Gasteiger partial charge in [-0.2, -0.15) is 0 Å². The molecule has 86 valence electrons. The maximum Gasteiger partial charge on any atom is 0.154 e. The van der Waals surface area contributed by atoms with Crippen molar-refractivity contribution in [3.63, 3.8) is 0 Å². The van der Waals surface area contributed by atoms with Crippen molar-refractivity contribution < 1.29 is 8.42 Å². The Hall–Kier alpha value is -0.880. The minimum atomic E-state index is -3.17. The SMILES string of the molecule is CC(C)(C(N)Cc1ncc[nH]1)S(C)(=O)=O. The molecule has 0 fully saturated rings. The van der Waals surface area contributed by atoms with E-state index in [2.05, 4.69) is 9.97 Å². The predicted octanol–water partition coefficient (Wildman–Crippen LogP) is 0.103. The van der Waals surface area contributed by atoms with Crippen LogP contribution in [0.15, 0.2) is 12.4 Å². The van der Waals surface area contributed by atoms with Crippen molar-refractivity contribution >= 4 is 9.84 Å². The van der Waals surface area contributed by atoms with Gasteiger partial charge in [-0.15, -0.1) is 0 Å². The summed E-state index contributed by atoms with van der Waals surface area (Å²) in [5, 5.41) is 0. The highest BCUT2D eigenvalue weighted by molar-refractivity contribution is 7.92. The minimum absolute atomic E-state index is 0.424. The fourth-order valence-electron chi connectivity index (χ4n) is 1.14. The molecule has 5 nitrogen and oxygen atoms in total. The molecule has 0 bridgehead atoms. The Labute approximate surface area is 90.0 Å². The molecule has 0 amide bonds. The molecule has 1 aromatic heterocycles. The van der Waals surface area contributed by atoms with Gasteiger partial charge in [-0.25, -0.2) is 13.4 Å². The maximum atomic E-state index is 11.5. The van der Waals surface area contributed by atoms with Crippen LogP contribution in [0.1, 0.15) is 19.7 Å². The van der Waals surface area contributed by atoms with Crippen LogP contribution in [0, 0.1) is 0 Å². The molecule has 1 heterocycles. The van der Waals surface area contributed by atoms with Crippen molar-refractivity contribution in [1.29, 1.82) is 0 Å². The summed E-state index contributed by atoms with van der Waals surface area (Å²) in [6, 6.07) is -0.473. The molecule has 0 radical (unpaired) electrons. The number of imidazole rings is 1. The standard InChI is InChI=1S/C9H17N3O2S/c1-9(2,15(3,13)14)7(10)6-8-11-4-5-12-8/h4-5,7H,6,10H2,1-3H3,(H,11,12). The van der Waals surface area contributed by atoms with E-state index in [1.807, 2.05) is 0 Å². The summed E-state index contributed by atoms with van der Waals surface area (Å²) in [7, 11) is -3.17. The molecule has 0 saturated heterocycles. The van der Waals surface area contributed by atoms with Gasteiger partial charge in [0.05, 0.1) is 4.75 Å². The monoisotopic (exact) mass is 231 g/mol. The van der Waals surface area contributed by atoms with E-state index in [0.29, 0.717) is 12.2 Å². The molecular weight excluding hydrogens is 214 g/mol. The van der Waals surface area contributed by atoms with E-state index in [1.165, 1.54) is 6.26 Å². The number of hydrogen-bond donors (Lipinski definition) is 2. The van der Waals surface area contributed by atoms with Crippen molar-refractivity contribution in [1.82, 2.24) is 9.97 Å². The first-order valence-corrected chi connectivity index (χ1v) is 6.57. The number of rotatable bonds is 4. The number of hydrogen-bond acceptors (Lipinski definition) is 4. The first kappa shape index (κ1) is 12.2. The number of sulfone groups is 1. The maximum absolute atomic E-state index is 11.5. The number of nitrogens with one attached hydrogen (secondary N) is 1. The van der Waals surface area contributed by atoms with Crippen LogP contribution in [0.4, 0.5) is 0 Å². The number of aromatic nitrogens is 2. The molecule has 0 aliphatic carbocycles. The Balaban J connectivity index is 2.81. The fourth-order valence-corrected chi connectivity index (χ4v) is 1.77. The van der Waals surface area contributed by atoms with Crippen LogP contribution in [0.25, 0.3) is 0 Å². The molecule has 0 aliphatic rings. The molecule has 1 atom stereocenters. The summed E-state index contributed by atoms with van der Waals surface area (Å²) in [5.74, 6) is 0.708. The zero-order valence-corrected chi connectivity index (χ0v) is 10.0. The third kappa shape index (κ3) is 2.57. The second-order valence-corrected chi connectivity index (χ2v) is 6.82. The number of nitrogens with two attached hydrogens (primary N) is 1. The second-order valence-electron chi connectivity index (χ2n) is 4.22. The lowest BCUT2D eigenvalue weighted by atomic mass is 10.0. The Morgan fingerprint density at radius 3 is 2.60 bits per heavy atom. The van der Waals surface area contributed by atoms with E-state index in [-0.39, 0.29) is 0 Å². The first-order chi connectivity index (χ1) is 6.75. The summed E-state index contributed by atoms with van der Waals surface area (Å²) in [4.78, 5) is 6.93. The van der Waals surface area contributed by atoms with Gasteiger partial charge in [0.1, 0.15) is 5.82 Å². The van der Waals surface area contributed by atoms with Crippen LogP contribution in [0.2, 0.25) is 0 Å². The quantitative estimate of drug-likeness (QED) is 0.769. The highest BCUT2D eigenvalue weighted by atomic mass is 32.2. The van der Waals surface area contributed by atoms with Gasteiger partial charge in [0.2, 0.25) is 0 Å². The van der Waals surface area contributed by atoms with Crippen molar-refractivity contribution in [3.8, 4) is 0 Å². The van der Waals surface area contributed by atoms with E-state index < -0.39 is 20.6 Å². The summed E-state index contributed by atoms with van der Waals surface area (Å²) < 4.78 is 22.1. The summed E-state index contributed by atoms with van der Waals surface area (Å²) in [5.41, 5.74) is 5.89. The van der Waals surface area contributed by atoms with E-state index in [1.54, 1.807) is 26.2 Å². The van der Waals surface area contributed by atoms with Crippen molar-refractivity contribution in [2.75, 3.05) is 6.26 Å². The topological polar surface area (TPSA) is 88.8 Å². The molecule has 1 aromatic rings. The predicted molar refractivity (Wildman–Crippen MR) is 59.2 cm³/mol. The second kappa shape index (κ2) is 3.94. The van der Waals surface area contributed by atoms with E-state index in [0.717, 1.165) is 0 Å². The zero-order valence-electron chi connectivity index (χ0n) is 9.19. The fraction of sp³-hybridized carbons (Fsp3) is 0.667. The van der Waals surface area contributed by atoms with Gasteiger partial charge >= 0.3 is 0 Å². The lowest BCUT2D eigenvalue weighted by molar-refractivity contribution is 0.477. The largest absolute Gasteiger partial charge is 0.349 e. The molecule has 0 saturated carbocycles. The molecule has 3 N–H and O–H groups in total. The van der Waals surface area contributed by atoms with E-state index in [4.69, 9.17) is 5.73 Å². The molecule has 1 unspecified atom stereocenters. The van der Waals surface area contributed by atoms with E-state index >= 15 is 0 Å². The average molecular weight is 231 g/mol. The minimum Gasteiger partial charge on any atom is -0.349 e. The van der Waals surface area contributed by atoms with Crippen LogP contribution < -0.4 is 5.73 Å². The van der Waals surface area contributed by atoms with Crippen LogP contribution >= 0.6 is 0 Å². The van der Waals surface area contributed by atoms with E-state index in [9.17, 15) is 8.42 Å². The number of aromatic amines is 1. The van der Waals surface area contributed by atoms with Gasteiger partial charge in [0.15, 0.2) is 9.84 Å².